The lowest BCUT2D eigenvalue weighted by molar-refractivity contribution is 0.111. The summed E-state index contributed by atoms with van der Waals surface area (Å²) in [5.41, 5.74) is 1.30. The molecule has 0 aliphatic carbocycles. The molecule has 0 saturated carbocycles. The maximum absolute atomic E-state index is 10.6. The summed E-state index contributed by atoms with van der Waals surface area (Å²) in [6.45, 7) is 0. The number of nitrogens with zero attached hydrogens (tertiary/aromatic N) is 1. The fourth-order valence-corrected chi connectivity index (χ4v) is 2.29. The number of hydrogen-bond donors (Lipinski definition) is 1. The van der Waals surface area contributed by atoms with Crippen LogP contribution in [0.1, 0.15) is 10.6 Å². The van der Waals surface area contributed by atoms with Crippen LogP contribution in [0.5, 0.6) is 0 Å². The number of carbonyl (C=O) groups is 1. The van der Waals surface area contributed by atoms with Crippen molar-refractivity contribution in [3.05, 3.63) is 38.7 Å². The molecule has 2 aromatic rings. The molecule has 0 fully saturated rings. The molecule has 0 aliphatic rings. The summed E-state index contributed by atoms with van der Waals surface area (Å²) in [7, 11) is 0. The lowest BCUT2D eigenvalue weighted by atomic mass is 10.2. The van der Waals surface area contributed by atoms with Crippen molar-refractivity contribution < 1.29 is 4.79 Å². The molecular formula is C10H5BrCl2N2O. The van der Waals surface area contributed by atoms with Crippen LogP contribution in [0.4, 0.5) is 0 Å². The van der Waals surface area contributed by atoms with Crippen molar-refractivity contribution in [1.29, 1.82) is 0 Å². The molecule has 0 unspecified atom stereocenters. The fourth-order valence-electron chi connectivity index (χ4n) is 1.28. The van der Waals surface area contributed by atoms with Crippen LogP contribution in [0.15, 0.2) is 22.8 Å². The van der Waals surface area contributed by atoms with Crippen molar-refractivity contribution in [3.63, 3.8) is 0 Å². The van der Waals surface area contributed by atoms with Gasteiger partial charge in [0.1, 0.15) is 10.3 Å². The van der Waals surface area contributed by atoms with Crippen molar-refractivity contribution in [2.45, 2.75) is 0 Å². The molecule has 82 valence electrons. The van der Waals surface area contributed by atoms with Gasteiger partial charge in [0, 0.05) is 10.6 Å². The highest BCUT2D eigenvalue weighted by Crippen LogP contribution is 2.33. The van der Waals surface area contributed by atoms with Gasteiger partial charge >= 0.3 is 0 Å². The summed E-state index contributed by atoms with van der Waals surface area (Å²) >= 11 is 15.1. The summed E-state index contributed by atoms with van der Waals surface area (Å²) in [4.78, 5) is 17.4. The Morgan fingerprint density at radius 3 is 2.69 bits per heavy atom. The van der Waals surface area contributed by atoms with Gasteiger partial charge in [-0.2, -0.15) is 0 Å². The Hall–Kier alpha value is -0.840. The third-order valence-corrected chi connectivity index (χ3v) is 3.10. The van der Waals surface area contributed by atoms with Gasteiger partial charge in [-0.1, -0.05) is 23.2 Å². The smallest absolute Gasteiger partial charge is 0.185 e. The van der Waals surface area contributed by atoms with Crippen molar-refractivity contribution in [2.24, 2.45) is 0 Å². The lowest BCUT2D eigenvalue weighted by Crippen LogP contribution is -1.83. The lowest BCUT2D eigenvalue weighted by Gasteiger charge is -2.01. The number of hydrogen-bond acceptors (Lipinski definition) is 2. The third kappa shape index (κ3) is 2.14. The molecular weight excluding hydrogens is 315 g/mol. The predicted molar refractivity (Wildman–Crippen MR) is 67.1 cm³/mol. The zero-order valence-electron chi connectivity index (χ0n) is 7.80. The van der Waals surface area contributed by atoms with Gasteiger partial charge in [0.15, 0.2) is 12.1 Å². The normalized spacial score (nSPS) is 10.4. The molecule has 16 heavy (non-hydrogen) atoms. The van der Waals surface area contributed by atoms with Crippen molar-refractivity contribution in [1.82, 2.24) is 9.97 Å². The van der Waals surface area contributed by atoms with E-state index >= 15 is 0 Å². The first-order valence-corrected chi connectivity index (χ1v) is 5.83. The second-order valence-electron chi connectivity index (χ2n) is 3.03. The first kappa shape index (κ1) is 11.6. The van der Waals surface area contributed by atoms with Crippen LogP contribution in [0.3, 0.4) is 0 Å². The number of benzene rings is 1. The quantitative estimate of drug-likeness (QED) is 0.852. The number of imidazole rings is 1. The van der Waals surface area contributed by atoms with E-state index in [0.717, 1.165) is 0 Å². The Balaban J connectivity index is 2.57. The predicted octanol–water partition coefficient (Wildman–Crippen LogP) is 3.96. The first-order chi connectivity index (χ1) is 7.61. The molecule has 0 aliphatic heterocycles. The van der Waals surface area contributed by atoms with Crippen molar-refractivity contribution in [3.8, 4) is 11.3 Å². The van der Waals surface area contributed by atoms with Crippen LogP contribution in [0.25, 0.3) is 11.3 Å². The molecule has 6 heteroatoms. The van der Waals surface area contributed by atoms with E-state index < -0.39 is 0 Å². The van der Waals surface area contributed by atoms with E-state index in [1.54, 1.807) is 18.2 Å². The van der Waals surface area contributed by atoms with Crippen LogP contribution in [0.2, 0.25) is 10.0 Å². The van der Waals surface area contributed by atoms with Gasteiger partial charge in [-0.3, -0.25) is 4.79 Å². The Kier molecular flexibility index (Phi) is 3.33. The summed E-state index contributed by atoms with van der Waals surface area (Å²) < 4.78 is 0.610. The molecule has 1 aromatic carbocycles. The second kappa shape index (κ2) is 4.57. The highest BCUT2D eigenvalue weighted by molar-refractivity contribution is 9.10. The summed E-state index contributed by atoms with van der Waals surface area (Å²) in [6, 6.07) is 5.09. The fraction of sp³-hybridized carbons (Fsp3) is 0. The average molecular weight is 320 g/mol. The van der Waals surface area contributed by atoms with E-state index in [9.17, 15) is 4.79 Å². The van der Waals surface area contributed by atoms with E-state index in [-0.39, 0.29) is 5.82 Å². The molecule has 0 spiro atoms. The first-order valence-electron chi connectivity index (χ1n) is 4.28. The number of carbonyl (C=O) groups excluding carboxylic acids is 1. The van der Waals surface area contributed by atoms with Crippen molar-refractivity contribution >= 4 is 45.4 Å². The monoisotopic (exact) mass is 318 g/mol. The van der Waals surface area contributed by atoms with Gasteiger partial charge in [-0.25, -0.2) is 4.98 Å². The molecule has 0 atom stereocenters. The maximum Gasteiger partial charge on any atom is 0.185 e. The van der Waals surface area contributed by atoms with Crippen LogP contribution in [-0.4, -0.2) is 16.3 Å². The number of halogens is 3. The SMILES string of the molecule is O=Cc1nc(-c2ccc(Cl)cc2Cl)c(Br)[nH]1. The van der Waals surface area contributed by atoms with Crippen LogP contribution in [-0.2, 0) is 0 Å². The number of nitrogens with one attached hydrogen (secondary N) is 1. The molecule has 3 nitrogen and oxygen atoms in total. The molecule has 1 aromatic heterocycles. The maximum atomic E-state index is 10.6. The minimum absolute atomic E-state index is 0.243. The summed E-state index contributed by atoms with van der Waals surface area (Å²) in [5.74, 6) is 0.243. The Morgan fingerprint density at radius 1 is 1.38 bits per heavy atom. The molecule has 0 saturated heterocycles. The minimum Gasteiger partial charge on any atom is -0.330 e. The van der Waals surface area contributed by atoms with Gasteiger partial charge in [0.2, 0.25) is 0 Å². The zero-order valence-corrected chi connectivity index (χ0v) is 10.9. The van der Waals surface area contributed by atoms with Gasteiger partial charge in [-0.15, -0.1) is 0 Å². The molecule has 2 rings (SSSR count). The Morgan fingerprint density at radius 2 is 2.12 bits per heavy atom. The highest BCUT2D eigenvalue weighted by atomic mass is 79.9. The zero-order chi connectivity index (χ0) is 11.7. The van der Waals surface area contributed by atoms with E-state index in [2.05, 4.69) is 25.9 Å². The standard InChI is InChI=1S/C10H5BrCl2N2O/c11-10-9(14-8(4-16)15-10)6-2-1-5(12)3-7(6)13/h1-4H,(H,14,15). The number of rotatable bonds is 2. The summed E-state index contributed by atoms with van der Waals surface area (Å²) in [6.07, 6.45) is 0.637. The Labute approximate surface area is 110 Å². The molecule has 0 bridgehead atoms. The van der Waals surface area contributed by atoms with Gasteiger partial charge in [-0.05, 0) is 34.1 Å². The van der Waals surface area contributed by atoms with Gasteiger partial charge < -0.3 is 4.98 Å². The number of H-pyrrole nitrogens is 1. The van der Waals surface area contributed by atoms with Gasteiger partial charge in [0.25, 0.3) is 0 Å². The average Bonchev–Trinajstić information content (AvgIpc) is 2.60. The molecule has 1 heterocycles. The van der Waals surface area contributed by atoms with Crippen molar-refractivity contribution in [2.75, 3.05) is 0 Å². The second-order valence-corrected chi connectivity index (χ2v) is 4.66. The number of aldehydes is 1. The van der Waals surface area contributed by atoms with Crippen LogP contribution in [0, 0.1) is 0 Å². The highest BCUT2D eigenvalue weighted by Gasteiger charge is 2.12. The van der Waals surface area contributed by atoms with E-state index in [0.29, 0.717) is 32.2 Å². The number of aromatic amines is 1. The van der Waals surface area contributed by atoms with Crippen LogP contribution < -0.4 is 0 Å². The third-order valence-electron chi connectivity index (χ3n) is 1.98. The Bertz CT molecular complexity index is 554. The number of aromatic nitrogens is 2. The summed E-state index contributed by atoms with van der Waals surface area (Å²) in [5, 5.41) is 1.04. The topological polar surface area (TPSA) is 45.8 Å². The van der Waals surface area contributed by atoms with Crippen LogP contribution >= 0.6 is 39.1 Å². The van der Waals surface area contributed by atoms with E-state index in [1.807, 2.05) is 0 Å². The molecule has 0 amide bonds. The van der Waals surface area contributed by atoms with Gasteiger partial charge in [0.05, 0.1) is 5.02 Å². The van der Waals surface area contributed by atoms with E-state index in [4.69, 9.17) is 23.2 Å². The molecule has 1 N–H and O–H groups in total. The molecule has 0 radical (unpaired) electrons. The minimum atomic E-state index is 0.243. The van der Waals surface area contributed by atoms with E-state index in [1.165, 1.54) is 0 Å². The largest absolute Gasteiger partial charge is 0.330 e.